The second-order valence-electron chi connectivity index (χ2n) is 5.79. The van der Waals surface area contributed by atoms with E-state index in [4.69, 9.17) is 4.74 Å². The normalized spacial score (nSPS) is 25.5. The van der Waals surface area contributed by atoms with E-state index >= 15 is 0 Å². The van der Waals surface area contributed by atoms with Crippen molar-refractivity contribution in [2.75, 3.05) is 33.8 Å². The first kappa shape index (κ1) is 14.4. The standard InChI is InChI=1S/C16H26N2O/c1-12-9-18(10-13(12)2)11-16(17-3)14-5-7-15(19-4)8-6-14/h5-8,12-13,16-17H,9-11H2,1-4H3. The maximum absolute atomic E-state index is 5.21. The highest BCUT2D eigenvalue weighted by atomic mass is 16.5. The topological polar surface area (TPSA) is 24.5 Å². The van der Waals surface area contributed by atoms with Gasteiger partial charge in [-0.1, -0.05) is 26.0 Å². The van der Waals surface area contributed by atoms with Crippen LogP contribution in [0.15, 0.2) is 24.3 Å². The number of nitrogens with one attached hydrogen (secondary N) is 1. The zero-order valence-electron chi connectivity index (χ0n) is 12.5. The van der Waals surface area contributed by atoms with Crippen molar-refractivity contribution in [3.05, 3.63) is 29.8 Å². The van der Waals surface area contributed by atoms with Crippen molar-refractivity contribution in [1.82, 2.24) is 10.2 Å². The van der Waals surface area contributed by atoms with Crippen molar-refractivity contribution in [2.45, 2.75) is 19.9 Å². The van der Waals surface area contributed by atoms with Crippen LogP contribution in [0.1, 0.15) is 25.5 Å². The summed E-state index contributed by atoms with van der Waals surface area (Å²) in [6.07, 6.45) is 0. The zero-order chi connectivity index (χ0) is 13.8. The van der Waals surface area contributed by atoms with Crippen LogP contribution in [-0.2, 0) is 0 Å². The Kier molecular flexibility index (Phi) is 4.83. The molecule has 1 fully saturated rings. The van der Waals surface area contributed by atoms with Crippen LogP contribution < -0.4 is 10.1 Å². The van der Waals surface area contributed by atoms with Gasteiger partial charge in [0.25, 0.3) is 0 Å². The molecule has 1 aliphatic heterocycles. The summed E-state index contributed by atoms with van der Waals surface area (Å²) in [7, 11) is 3.75. The lowest BCUT2D eigenvalue weighted by molar-refractivity contribution is 0.287. The average Bonchev–Trinajstić information content (AvgIpc) is 2.75. The van der Waals surface area contributed by atoms with E-state index in [2.05, 4.69) is 36.2 Å². The summed E-state index contributed by atoms with van der Waals surface area (Å²) < 4.78 is 5.21. The van der Waals surface area contributed by atoms with Crippen LogP contribution in [0.4, 0.5) is 0 Å². The Labute approximate surface area is 116 Å². The van der Waals surface area contributed by atoms with Gasteiger partial charge in [0.1, 0.15) is 5.75 Å². The zero-order valence-corrected chi connectivity index (χ0v) is 12.5. The van der Waals surface area contributed by atoms with Crippen molar-refractivity contribution in [3.8, 4) is 5.75 Å². The molecule has 106 valence electrons. The van der Waals surface area contributed by atoms with Gasteiger partial charge in [-0.2, -0.15) is 0 Å². The third kappa shape index (κ3) is 3.48. The van der Waals surface area contributed by atoms with Crippen molar-refractivity contribution in [2.24, 2.45) is 11.8 Å². The molecule has 2 rings (SSSR count). The van der Waals surface area contributed by atoms with Crippen LogP contribution in [-0.4, -0.2) is 38.7 Å². The molecule has 0 bridgehead atoms. The smallest absolute Gasteiger partial charge is 0.118 e. The van der Waals surface area contributed by atoms with E-state index in [1.807, 2.05) is 19.2 Å². The lowest BCUT2D eigenvalue weighted by Gasteiger charge is -2.24. The van der Waals surface area contributed by atoms with Crippen LogP contribution in [0.2, 0.25) is 0 Å². The quantitative estimate of drug-likeness (QED) is 0.882. The molecule has 3 atom stereocenters. The molecule has 1 heterocycles. The number of likely N-dealkylation sites (tertiary alicyclic amines) is 1. The SMILES string of the molecule is CNC(CN1CC(C)C(C)C1)c1ccc(OC)cc1. The fourth-order valence-corrected chi connectivity index (χ4v) is 2.86. The van der Waals surface area contributed by atoms with Crippen LogP contribution >= 0.6 is 0 Å². The predicted molar refractivity (Wildman–Crippen MR) is 79.6 cm³/mol. The van der Waals surface area contributed by atoms with Crippen molar-refractivity contribution in [1.29, 1.82) is 0 Å². The van der Waals surface area contributed by atoms with Gasteiger partial charge in [-0.25, -0.2) is 0 Å². The molecule has 1 aliphatic rings. The molecule has 19 heavy (non-hydrogen) atoms. The second kappa shape index (κ2) is 6.40. The van der Waals surface area contributed by atoms with Gasteiger partial charge in [0.05, 0.1) is 7.11 Å². The van der Waals surface area contributed by atoms with Crippen LogP contribution in [0, 0.1) is 11.8 Å². The van der Waals surface area contributed by atoms with E-state index in [9.17, 15) is 0 Å². The summed E-state index contributed by atoms with van der Waals surface area (Å²) in [4.78, 5) is 2.57. The Morgan fingerprint density at radius 3 is 2.26 bits per heavy atom. The highest BCUT2D eigenvalue weighted by molar-refractivity contribution is 5.29. The summed E-state index contributed by atoms with van der Waals surface area (Å²) in [6, 6.07) is 8.78. The first-order valence-electron chi connectivity index (χ1n) is 7.17. The minimum Gasteiger partial charge on any atom is -0.497 e. The predicted octanol–water partition coefficient (Wildman–Crippen LogP) is 2.54. The van der Waals surface area contributed by atoms with Crippen molar-refractivity contribution >= 4 is 0 Å². The van der Waals surface area contributed by atoms with Crippen LogP contribution in [0.5, 0.6) is 5.75 Å². The molecule has 1 saturated heterocycles. The van der Waals surface area contributed by atoms with Gasteiger partial charge < -0.3 is 15.0 Å². The van der Waals surface area contributed by atoms with Gasteiger partial charge in [0, 0.05) is 25.7 Å². The maximum atomic E-state index is 5.21. The van der Waals surface area contributed by atoms with E-state index in [1.165, 1.54) is 18.7 Å². The number of rotatable bonds is 5. The molecule has 1 aromatic rings. The van der Waals surface area contributed by atoms with E-state index in [1.54, 1.807) is 7.11 Å². The van der Waals surface area contributed by atoms with Gasteiger partial charge >= 0.3 is 0 Å². The van der Waals surface area contributed by atoms with Gasteiger partial charge in [0.2, 0.25) is 0 Å². The number of hydrogen-bond acceptors (Lipinski definition) is 3. The molecule has 1 N–H and O–H groups in total. The van der Waals surface area contributed by atoms with E-state index in [0.29, 0.717) is 6.04 Å². The number of benzene rings is 1. The lowest BCUT2D eigenvalue weighted by atomic mass is 10.0. The summed E-state index contributed by atoms with van der Waals surface area (Å²) >= 11 is 0. The molecule has 0 amide bonds. The summed E-state index contributed by atoms with van der Waals surface area (Å²) in [5.41, 5.74) is 1.33. The average molecular weight is 262 g/mol. The highest BCUT2D eigenvalue weighted by Gasteiger charge is 2.27. The molecule has 3 heteroatoms. The Bertz CT molecular complexity index is 380. The fourth-order valence-electron chi connectivity index (χ4n) is 2.86. The minimum absolute atomic E-state index is 0.392. The maximum Gasteiger partial charge on any atom is 0.118 e. The Morgan fingerprint density at radius 2 is 1.79 bits per heavy atom. The monoisotopic (exact) mass is 262 g/mol. The number of hydrogen-bond donors (Lipinski definition) is 1. The fraction of sp³-hybridized carbons (Fsp3) is 0.625. The number of methoxy groups -OCH3 is 1. The van der Waals surface area contributed by atoms with Gasteiger partial charge in [-0.15, -0.1) is 0 Å². The molecule has 0 radical (unpaired) electrons. The minimum atomic E-state index is 0.392. The van der Waals surface area contributed by atoms with Gasteiger partial charge in [0.15, 0.2) is 0 Å². The van der Waals surface area contributed by atoms with Crippen LogP contribution in [0.3, 0.4) is 0 Å². The molecule has 0 aromatic heterocycles. The van der Waals surface area contributed by atoms with Gasteiger partial charge in [-0.05, 0) is 36.6 Å². The molecule has 0 spiro atoms. The third-order valence-electron chi connectivity index (χ3n) is 4.37. The number of ether oxygens (including phenoxy) is 1. The molecule has 3 nitrogen and oxygen atoms in total. The van der Waals surface area contributed by atoms with Crippen molar-refractivity contribution < 1.29 is 4.74 Å². The number of nitrogens with zero attached hydrogens (tertiary/aromatic N) is 1. The first-order valence-corrected chi connectivity index (χ1v) is 7.17. The third-order valence-corrected chi connectivity index (χ3v) is 4.37. The Hall–Kier alpha value is -1.06. The first-order chi connectivity index (χ1) is 9.13. The van der Waals surface area contributed by atoms with Gasteiger partial charge in [-0.3, -0.25) is 0 Å². The van der Waals surface area contributed by atoms with Crippen molar-refractivity contribution in [3.63, 3.8) is 0 Å². The highest BCUT2D eigenvalue weighted by Crippen LogP contribution is 2.25. The number of likely N-dealkylation sites (N-methyl/N-ethyl adjacent to an activating group) is 1. The summed E-state index contributed by atoms with van der Waals surface area (Å²) in [5.74, 6) is 2.55. The molecule has 3 unspecified atom stereocenters. The van der Waals surface area contributed by atoms with E-state index in [-0.39, 0.29) is 0 Å². The van der Waals surface area contributed by atoms with E-state index in [0.717, 1.165) is 24.1 Å². The Morgan fingerprint density at radius 1 is 1.21 bits per heavy atom. The molecule has 0 aliphatic carbocycles. The molecule has 0 saturated carbocycles. The molecular weight excluding hydrogens is 236 g/mol. The van der Waals surface area contributed by atoms with E-state index < -0.39 is 0 Å². The summed E-state index contributed by atoms with van der Waals surface area (Å²) in [6.45, 7) is 8.22. The lowest BCUT2D eigenvalue weighted by Crippen LogP contribution is -2.32. The second-order valence-corrected chi connectivity index (χ2v) is 5.79. The largest absolute Gasteiger partial charge is 0.497 e. The van der Waals surface area contributed by atoms with Crippen LogP contribution in [0.25, 0.3) is 0 Å². The Balaban J connectivity index is 1.99. The molecular formula is C16H26N2O. The molecule has 1 aromatic carbocycles. The summed E-state index contributed by atoms with van der Waals surface area (Å²) in [5, 5.41) is 3.43.